The highest BCUT2D eigenvalue weighted by Crippen LogP contribution is 2.90. The highest BCUT2D eigenvalue weighted by atomic mass is 35.5. The van der Waals surface area contributed by atoms with Gasteiger partial charge >= 0.3 is 0 Å². The molecule has 1 heteroatoms. The zero-order chi connectivity index (χ0) is 6.77. The van der Waals surface area contributed by atoms with Crippen LogP contribution >= 0.6 is 11.6 Å². The normalized spacial score (nSPS) is 61.5. The summed E-state index contributed by atoms with van der Waals surface area (Å²) in [6, 6.07) is 0. The summed E-state index contributed by atoms with van der Waals surface area (Å²) in [5.41, 5.74) is 0.847. The Morgan fingerprint density at radius 2 is 2.00 bits per heavy atom. The van der Waals surface area contributed by atoms with E-state index in [9.17, 15) is 0 Å². The van der Waals surface area contributed by atoms with Crippen LogP contribution < -0.4 is 0 Å². The second kappa shape index (κ2) is 1.55. The zero-order valence-corrected chi connectivity index (χ0v) is 6.90. The molecule has 3 fully saturated rings. The average molecular weight is 157 g/mol. The van der Waals surface area contributed by atoms with Gasteiger partial charge in [0.2, 0.25) is 0 Å². The average Bonchev–Trinajstić information content (AvgIpc) is 2.80. The minimum absolute atomic E-state index is 0.847. The standard InChI is InChI=1S/C9H13Cl/c10-5-4-9-6-2-1-3-7(9)8(6)9/h6-8H,1-5H2. The highest BCUT2D eigenvalue weighted by molar-refractivity contribution is 6.17. The predicted molar refractivity (Wildman–Crippen MR) is 42.1 cm³/mol. The second-order valence-corrected chi connectivity index (χ2v) is 4.60. The molecule has 0 saturated heterocycles. The highest BCUT2D eigenvalue weighted by Gasteiger charge is 2.85. The summed E-state index contributed by atoms with van der Waals surface area (Å²) in [5.74, 6) is 4.36. The molecule has 0 radical (unpaired) electrons. The minimum Gasteiger partial charge on any atom is -0.127 e. The maximum atomic E-state index is 5.76. The third-order valence-corrected chi connectivity index (χ3v) is 4.40. The van der Waals surface area contributed by atoms with Crippen LogP contribution in [0.2, 0.25) is 0 Å². The second-order valence-electron chi connectivity index (χ2n) is 4.22. The van der Waals surface area contributed by atoms with E-state index < -0.39 is 0 Å². The smallest absolute Gasteiger partial charge is 0.0229 e. The van der Waals surface area contributed by atoms with Crippen molar-refractivity contribution in [3.63, 3.8) is 0 Å². The van der Waals surface area contributed by atoms with Crippen molar-refractivity contribution in [1.82, 2.24) is 0 Å². The summed E-state index contributed by atoms with van der Waals surface area (Å²) in [7, 11) is 0. The lowest BCUT2D eigenvalue weighted by atomic mass is 9.82. The Bertz CT molecular complexity index is 154. The van der Waals surface area contributed by atoms with Crippen molar-refractivity contribution in [1.29, 1.82) is 0 Å². The van der Waals surface area contributed by atoms with Gasteiger partial charge in [0, 0.05) is 5.88 Å². The van der Waals surface area contributed by atoms with E-state index in [0.29, 0.717) is 0 Å². The van der Waals surface area contributed by atoms with E-state index in [4.69, 9.17) is 11.6 Å². The van der Waals surface area contributed by atoms with E-state index in [2.05, 4.69) is 0 Å². The van der Waals surface area contributed by atoms with E-state index in [1.165, 1.54) is 31.6 Å². The van der Waals surface area contributed by atoms with Crippen molar-refractivity contribution < 1.29 is 0 Å². The van der Waals surface area contributed by atoms with Crippen LogP contribution in [-0.2, 0) is 0 Å². The summed E-state index contributed by atoms with van der Waals surface area (Å²) < 4.78 is 0. The van der Waals surface area contributed by atoms with Crippen molar-refractivity contribution in [2.24, 2.45) is 23.2 Å². The Kier molecular flexibility index (Phi) is 0.912. The molecule has 0 aliphatic heterocycles. The van der Waals surface area contributed by atoms with Crippen LogP contribution in [0.15, 0.2) is 0 Å². The molecule has 3 rings (SSSR count). The van der Waals surface area contributed by atoms with E-state index in [1.807, 2.05) is 0 Å². The molecule has 0 amide bonds. The molecular weight excluding hydrogens is 144 g/mol. The molecule has 0 aromatic rings. The monoisotopic (exact) mass is 156 g/mol. The Hall–Kier alpha value is 0.290. The lowest BCUT2D eigenvalue weighted by Gasteiger charge is -2.24. The third-order valence-electron chi connectivity index (χ3n) is 4.21. The van der Waals surface area contributed by atoms with Crippen LogP contribution in [0.1, 0.15) is 25.7 Å². The van der Waals surface area contributed by atoms with Gasteiger partial charge < -0.3 is 0 Å². The summed E-state index contributed by atoms with van der Waals surface area (Å²) in [6.07, 6.45) is 5.89. The molecule has 0 bridgehead atoms. The van der Waals surface area contributed by atoms with Crippen molar-refractivity contribution in [2.75, 3.05) is 5.88 Å². The molecule has 0 aromatic carbocycles. The molecule has 0 aromatic heterocycles. The predicted octanol–water partition coefficient (Wildman–Crippen LogP) is 2.66. The molecule has 10 heavy (non-hydrogen) atoms. The molecule has 0 nitrogen and oxygen atoms in total. The number of fused-ring (bicyclic) bond motifs is 2. The molecule has 2 unspecified atom stereocenters. The first-order valence-corrected chi connectivity index (χ1v) is 5.00. The topological polar surface area (TPSA) is 0 Å². The molecule has 2 atom stereocenters. The van der Waals surface area contributed by atoms with Gasteiger partial charge in [-0.05, 0) is 42.4 Å². The van der Waals surface area contributed by atoms with Crippen molar-refractivity contribution >= 4 is 11.6 Å². The fraction of sp³-hybridized carbons (Fsp3) is 1.00. The molecular formula is C9H13Cl. The van der Waals surface area contributed by atoms with E-state index in [-0.39, 0.29) is 0 Å². The molecule has 0 spiro atoms. The van der Waals surface area contributed by atoms with Crippen LogP contribution in [0.3, 0.4) is 0 Å². The lowest BCUT2D eigenvalue weighted by Crippen LogP contribution is -2.15. The Morgan fingerprint density at radius 3 is 2.50 bits per heavy atom. The van der Waals surface area contributed by atoms with Gasteiger partial charge in [-0.3, -0.25) is 0 Å². The first-order valence-electron chi connectivity index (χ1n) is 4.47. The molecule has 3 aliphatic rings. The number of hydrogen-bond donors (Lipinski definition) is 0. The van der Waals surface area contributed by atoms with E-state index in [1.54, 1.807) is 0 Å². The van der Waals surface area contributed by atoms with Crippen LogP contribution in [0, 0.1) is 23.2 Å². The molecule has 3 saturated carbocycles. The first kappa shape index (κ1) is 5.88. The van der Waals surface area contributed by atoms with Gasteiger partial charge in [-0.1, -0.05) is 6.42 Å². The minimum atomic E-state index is 0.847. The van der Waals surface area contributed by atoms with Gasteiger partial charge in [-0.15, -0.1) is 11.6 Å². The first-order chi connectivity index (χ1) is 4.91. The van der Waals surface area contributed by atoms with Crippen molar-refractivity contribution in [2.45, 2.75) is 25.7 Å². The Balaban J connectivity index is 1.76. The quantitative estimate of drug-likeness (QED) is 0.540. The van der Waals surface area contributed by atoms with Gasteiger partial charge in [0.25, 0.3) is 0 Å². The molecule has 0 N–H and O–H groups in total. The number of rotatable bonds is 2. The fourth-order valence-corrected chi connectivity index (χ4v) is 4.07. The van der Waals surface area contributed by atoms with E-state index in [0.717, 1.165) is 23.1 Å². The maximum absolute atomic E-state index is 5.76. The van der Waals surface area contributed by atoms with Gasteiger partial charge in [-0.2, -0.15) is 0 Å². The largest absolute Gasteiger partial charge is 0.127 e. The summed E-state index contributed by atoms with van der Waals surface area (Å²) in [4.78, 5) is 0. The third kappa shape index (κ3) is 0.423. The number of halogens is 1. The fourth-order valence-electron chi connectivity index (χ4n) is 3.74. The van der Waals surface area contributed by atoms with Crippen LogP contribution in [-0.4, -0.2) is 5.88 Å². The van der Waals surface area contributed by atoms with Crippen molar-refractivity contribution in [3.05, 3.63) is 0 Å². The summed E-state index contributed by atoms with van der Waals surface area (Å²) in [5, 5.41) is 0. The Labute approximate surface area is 66.9 Å². The SMILES string of the molecule is ClCCC12C3CCCC1C32. The van der Waals surface area contributed by atoms with Crippen LogP contribution in [0.4, 0.5) is 0 Å². The molecule has 3 aliphatic carbocycles. The molecule has 0 heterocycles. The van der Waals surface area contributed by atoms with Crippen molar-refractivity contribution in [3.8, 4) is 0 Å². The van der Waals surface area contributed by atoms with E-state index >= 15 is 0 Å². The van der Waals surface area contributed by atoms with Crippen LogP contribution in [0.25, 0.3) is 0 Å². The van der Waals surface area contributed by atoms with Gasteiger partial charge in [-0.25, -0.2) is 0 Å². The summed E-state index contributed by atoms with van der Waals surface area (Å²) >= 11 is 5.76. The van der Waals surface area contributed by atoms with Gasteiger partial charge in [0.15, 0.2) is 0 Å². The summed E-state index contributed by atoms with van der Waals surface area (Å²) in [6.45, 7) is 0. The number of hydrogen-bond acceptors (Lipinski definition) is 0. The van der Waals surface area contributed by atoms with Gasteiger partial charge in [0.1, 0.15) is 0 Å². The lowest BCUT2D eigenvalue weighted by molar-refractivity contribution is 0.265. The number of alkyl halides is 1. The maximum Gasteiger partial charge on any atom is 0.0229 e. The Morgan fingerprint density at radius 1 is 1.30 bits per heavy atom. The van der Waals surface area contributed by atoms with Crippen LogP contribution in [0.5, 0.6) is 0 Å². The molecule has 56 valence electrons. The zero-order valence-electron chi connectivity index (χ0n) is 6.15. The van der Waals surface area contributed by atoms with Gasteiger partial charge in [0.05, 0.1) is 0 Å².